The maximum absolute atomic E-state index is 11.4. The summed E-state index contributed by atoms with van der Waals surface area (Å²) in [5, 5.41) is 20.5. The van der Waals surface area contributed by atoms with E-state index in [-0.39, 0.29) is 30.9 Å². The van der Waals surface area contributed by atoms with Gasteiger partial charge in [-0.3, -0.25) is 0 Å². The Morgan fingerprint density at radius 1 is 1.19 bits per heavy atom. The van der Waals surface area contributed by atoms with Crippen molar-refractivity contribution in [2.24, 2.45) is 17.8 Å². The van der Waals surface area contributed by atoms with E-state index in [1.165, 1.54) is 19.3 Å². The van der Waals surface area contributed by atoms with Crippen LogP contribution in [0.25, 0.3) is 0 Å². The van der Waals surface area contributed by atoms with E-state index in [4.69, 9.17) is 9.47 Å². The Kier molecular flexibility index (Phi) is 9.80. The summed E-state index contributed by atoms with van der Waals surface area (Å²) < 4.78 is 10.3. The van der Waals surface area contributed by atoms with Gasteiger partial charge in [-0.25, -0.2) is 4.79 Å². The van der Waals surface area contributed by atoms with Crippen molar-refractivity contribution < 1.29 is 24.5 Å². The van der Waals surface area contributed by atoms with E-state index >= 15 is 0 Å². The first-order chi connectivity index (χ1) is 13.0. The fourth-order valence-corrected chi connectivity index (χ4v) is 4.44. The molecule has 4 atom stereocenters. The molecule has 0 saturated heterocycles. The molecule has 0 aliphatic heterocycles. The third-order valence-corrected chi connectivity index (χ3v) is 6.04. The maximum atomic E-state index is 11.4. The van der Waals surface area contributed by atoms with Crippen LogP contribution in [0.2, 0.25) is 0 Å². The first-order valence-electron chi connectivity index (χ1n) is 10.8. The third-order valence-electron chi connectivity index (χ3n) is 6.04. The van der Waals surface area contributed by atoms with Gasteiger partial charge in [-0.15, -0.1) is 0 Å². The van der Waals surface area contributed by atoms with Crippen molar-refractivity contribution >= 4 is 5.97 Å². The average molecular weight is 383 g/mol. The van der Waals surface area contributed by atoms with Crippen molar-refractivity contribution in [3.63, 3.8) is 0 Å². The van der Waals surface area contributed by atoms with Gasteiger partial charge in [0, 0.05) is 0 Å². The van der Waals surface area contributed by atoms with Crippen molar-refractivity contribution in [1.82, 2.24) is 0 Å². The quantitative estimate of drug-likeness (QED) is 0.324. The Bertz CT molecular complexity index is 456. The monoisotopic (exact) mass is 382 g/mol. The summed E-state index contributed by atoms with van der Waals surface area (Å²) in [5.74, 6) is 0.918. The summed E-state index contributed by atoms with van der Waals surface area (Å²) in [4.78, 5) is 11.4. The van der Waals surface area contributed by atoms with Gasteiger partial charge in [0.2, 0.25) is 0 Å². The van der Waals surface area contributed by atoms with E-state index < -0.39 is 0 Å². The van der Waals surface area contributed by atoms with Crippen molar-refractivity contribution in [2.45, 2.75) is 89.9 Å². The summed E-state index contributed by atoms with van der Waals surface area (Å²) in [6.45, 7) is 4.00. The smallest absolute Gasteiger partial charge is 0.332 e. The lowest BCUT2D eigenvalue weighted by Crippen LogP contribution is -2.41. The Morgan fingerprint density at radius 2 is 1.93 bits per heavy atom. The van der Waals surface area contributed by atoms with Gasteiger partial charge in [-0.05, 0) is 70.1 Å². The second kappa shape index (κ2) is 11.8. The molecule has 27 heavy (non-hydrogen) atoms. The highest BCUT2D eigenvalue weighted by Gasteiger charge is 2.39. The average Bonchev–Trinajstić information content (AvgIpc) is 2.63. The number of carbonyl (C=O) groups is 1. The Balaban J connectivity index is 1.58. The lowest BCUT2D eigenvalue weighted by molar-refractivity contribution is -0.152. The van der Waals surface area contributed by atoms with Crippen LogP contribution < -0.4 is 0 Å². The van der Waals surface area contributed by atoms with Crippen LogP contribution in [-0.2, 0) is 14.3 Å². The third kappa shape index (κ3) is 7.92. The number of allylic oxidation sites excluding steroid dienone is 1. The van der Waals surface area contributed by atoms with Crippen LogP contribution >= 0.6 is 0 Å². The highest BCUT2D eigenvalue weighted by molar-refractivity contribution is 5.70. The molecular formula is C22H38O5. The molecule has 156 valence electrons. The lowest BCUT2D eigenvalue weighted by Gasteiger charge is -2.42. The van der Waals surface area contributed by atoms with Crippen LogP contribution in [0.4, 0.5) is 0 Å². The highest BCUT2D eigenvalue weighted by atomic mass is 16.6. The van der Waals surface area contributed by atoms with Crippen LogP contribution in [0.1, 0.15) is 71.6 Å². The molecule has 0 spiro atoms. The molecule has 0 aromatic carbocycles. The summed E-state index contributed by atoms with van der Waals surface area (Å²) in [6.07, 6.45) is 13.1. The second-order valence-corrected chi connectivity index (χ2v) is 8.53. The van der Waals surface area contributed by atoms with Gasteiger partial charge in [-0.1, -0.05) is 31.4 Å². The van der Waals surface area contributed by atoms with Crippen molar-refractivity contribution in [2.75, 3.05) is 13.2 Å². The molecule has 2 N–H and O–H groups in total. The number of hydrogen-bond donors (Lipinski definition) is 2. The molecule has 0 unspecified atom stereocenters. The molecule has 0 amide bonds. The molecule has 0 aromatic rings. The van der Waals surface area contributed by atoms with E-state index in [9.17, 15) is 15.0 Å². The van der Waals surface area contributed by atoms with Crippen LogP contribution in [0.5, 0.6) is 0 Å². The standard InChI is InChI=1S/C22H38O5/c1-16(2)27-22(25)15-26-13-7-6-10-18-14-21(24)19(18)11-12-20(23)17-8-4-3-5-9-17/h6-7,16-21,23-24H,3-5,8-15H2,1-2H3/t18-,19+,20+,21+/m0/s1. The summed E-state index contributed by atoms with van der Waals surface area (Å²) >= 11 is 0. The molecule has 0 heterocycles. The zero-order valence-corrected chi connectivity index (χ0v) is 17.0. The molecule has 2 fully saturated rings. The van der Waals surface area contributed by atoms with Gasteiger partial charge in [0.05, 0.1) is 24.9 Å². The largest absolute Gasteiger partial charge is 0.461 e. The minimum atomic E-state index is -0.336. The molecule has 2 rings (SSSR count). The fourth-order valence-electron chi connectivity index (χ4n) is 4.44. The molecule has 0 aromatic heterocycles. The van der Waals surface area contributed by atoms with Crippen LogP contribution in [-0.4, -0.2) is 47.7 Å². The molecule has 2 aliphatic carbocycles. The predicted octanol–water partition coefficient (Wildman–Crippen LogP) is 3.62. The van der Waals surface area contributed by atoms with Crippen LogP contribution in [0, 0.1) is 17.8 Å². The normalized spacial score (nSPS) is 27.7. The van der Waals surface area contributed by atoms with Gasteiger partial charge >= 0.3 is 5.97 Å². The fraction of sp³-hybridized carbons (Fsp3) is 0.864. The summed E-state index contributed by atoms with van der Waals surface area (Å²) in [6, 6.07) is 0. The topological polar surface area (TPSA) is 76.0 Å². The number of esters is 1. The maximum Gasteiger partial charge on any atom is 0.332 e. The molecular weight excluding hydrogens is 344 g/mol. The van der Waals surface area contributed by atoms with E-state index in [1.54, 1.807) is 0 Å². The van der Waals surface area contributed by atoms with E-state index in [0.29, 0.717) is 24.4 Å². The van der Waals surface area contributed by atoms with Crippen LogP contribution in [0.15, 0.2) is 12.2 Å². The zero-order valence-electron chi connectivity index (χ0n) is 17.0. The van der Waals surface area contributed by atoms with Crippen molar-refractivity contribution in [3.8, 4) is 0 Å². The number of hydrogen-bond acceptors (Lipinski definition) is 5. The van der Waals surface area contributed by atoms with Crippen molar-refractivity contribution in [1.29, 1.82) is 0 Å². The first-order valence-corrected chi connectivity index (χ1v) is 10.8. The number of ether oxygens (including phenoxy) is 2. The van der Waals surface area contributed by atoms with Gasteiger partial charge in [0.15, 0.2) is 0 Å². The molecule has 0 bridgehead atoms. The summed E-state index contributed by atoms with van der Waals surface area (Å²) in [5.41, 5.74) is 0. The number of aliphatic hydroxyl groups excluding tert-OH is 2. The summed E-state index contributed by atoms with van der Waals surface area (Å²) in [7, 11) is 0. The zero-order chi connectivity index (χ0) is 19.6. The lowest BCUT2D eigenvalue weighted by atomic mass is 9.66. The second-order valence-electron chi connectivity index (χ2n) is 8.53. The van der Waals surface area contributed by atoms with Gasteiger partial charge in [0.1, 0.15) is 6.61 Å². The Labute approximate surface area is 164 Å². The molecule has 2 saturated carbocycles. The Hall–Kier alpha value is -0.910. The number of aliphatic hydroxyl groups is 2. The molecule has 2 aliphatic rings. The van der Waals surface area contributed by atoms with E-state index in [0.717, 1.165) is 38.5 Å². The van der Waals surface area contributed by atoms with E-state index in [2.05, 4.69) is 6.08 Å². The number of carbonyl (C=O) groups excluding carboxylic acids is 1. The van der Waals surface area contributed by atoms with Crippen molar-refractivity contribution in [3.05, 3.63) is 12.2 Å². The van der Waals surface area contributed by atoms with Gasteiger partial charge < -0.3 is 19.7 Å². The number of rotatable bonds is 11. The minimum Gasteiger partial charge on any atom is -0.461 e. The van der Waals surface area contributed by atoms with E-state index in [1.807, 2.05) is 19.9 Å². The minimum absolute atomic E-state index is 0.0215. The molecule has 0 radical (unpaired) electrons. The predicted molar refractivity (Wildman–Crippen MR) is 105 cm³/mol. The highest BCUT2D eigenvalue weighted by Crippen LogP contribution is 2.41. The first kappa shape index (κ1) is 22.4. The van der Waals surface area contributed by atoms with Gasteiger partial charge in [-0.2, -0.15) is 0 Å². The van der Waals surface area contributed by atoms with Gasteiger partial charge in [0.25, 0.3) is 0 Å². The molecule has 5 heteroatoms. The Morgan fingerprint density at radius 3 is 2.59 bits per heavy atom. The SMILES string of the molecule is CC(C)OC(=O)COCC=CC[C@H]1C[C@@H](O)[C@@H]1CC[C@@H](O)C1CCCCC1. The van der Waals surface area contributed by atoms with Crippen LogP contribution in [0.3, 0.4) is 0 Å². The molecule has 5 nitrogen and oxygen atoms in total.